The summed E-state index contributed by atoms with van der Waals surface area (Å²) >= 11 is 0. The van der Waals surface area contributed by atoms with Crippen LogP contribution in [-0.4, -0.2) is 94.4 Å². The molecule has 0 atom stereocenters. The number of ether oxygens (including phenoxy) is 1. The van der Waals surface area contributed by atoms with Gasteiger partial charge in [-0.25, -0.2) is 8.42 Å². The topological polar surface area (TPSA) is 73.4 Å². The Kier molecular flexibility index (Phi) is 7.00. The number of methoxy groups -OCH3 is 1. The Morgan fingerprint density at radius 1 is 0.886 bits per heavy atom. The second-order valence-corrected chi connectivity index (χ2v) is 11.4. The van der Waals surface area contributed by atoms with Crippen LogP contribution < -0.4 is 9.64 Å². The van der Waals surface area contributed by atoms with E-state index in [0.29, 0.717) is 37.6 Å². The summed E-state index contributed by atoms with van der Waals surface area (Å²) < 4.78 is 33.4. The largest absolute Gasteiger partial charge is 0.495 e. The minimum Gasteiger partial charge on any atom is -0.495 e. The smallest absolute Gasteiger partial charge is 0.243 e. The Morgan fingerprint density at radius 3 is 2.34 bits per heavy atom. The fourth-order valence-corrected chi connectivity index (χ4v) is 6.84. The fraction of sp³-hybridized carbons (Fsp3) is 0.500. The number of rotatable bonds is 6. The van der Waals surface area contributed by atoms with Crippen molar-refractivity contribution in [1.29, 1.82) is 0 Å². The minimum atomic E-state index is -3.53. The lowest BCUT2D eigenvalue weighted by molar-refractivity contribution is -0.133. The van der Waals surface area contributed by atoms with Gasteiger partial charge in [0.1, 0.15) is 5.75 Å². The number of nitrogens with zero attached hydrogens (tertiary/aromatic N) is 4. The highest BCUT2D eigenvalue weighted by molar-refractivity contribution is 7.89. The predicted molar refractivity (Wildman–Crippen MR) is 135 cm³/mol. The minimum absolute atomic E-state index is 0.0744. The van der Waals surface area contributed by atoms with Gasteiger partial charge in [0.05, 0.1) is 24.2 Å². The van der Waals surface area contributed by atoms with Gasteiger partial charge < -0.3 is 14.5 Å². The highest BCUT2D eigenvalue weighted by atomic mass is 32.2. The van der Waals surface area contributed by atoms with E-state index in [0.717, 1.165) is 62.4 Å². The number of sulfonamides is 1. The van der Waals surface area contributed by atoms with Crippen LogP contribution in [0.3, 0.4) is 0 Å². The molecule has 0 aromatic heterocycles. The second-order valence-electron chi connectivity index (χ2n) is 9.50. The van der Waals surface area contributed by atoms with E-state index in [2.05, 4.69) is 15.9 Å². The maximum atomic E-state index is 13.2. The molecule has 2 aliphatic heterocycles. The van der Waals surface area contributed by atoms with Crippen molar-refractivity contribution in [1.82, 2.24) is 14.1 Å². The Balaban J connectivity index is 1.12. The molecule has 2 heterocycles. The van der Waals surface area contributed by atoms with Gasteiger partial charge in [0.15, 0.2) is 0 Å². The van der Waals surface area contributed by atoms with Crippen molar-refractivity contribution in [3.05, 3.63) is 53.6 Å². The molecule has 0 saturated carbocycles. The van der Waals surface area contributed by atoms with Crippen LogP contribution in [0, 0.1) is 0 Å². The standard InChI is InChI=1S/C26H34N4O4S/c1-34-25-8-3-2-7-24(25)28-13-11-27(12-14-28)20-26(31)29-15-17-30(18-16-29)35(32,33)23-10-9-21-5-4-6-22(21)19-23/h2-3,7-10,19H,4-6,11-18,20H2,1H3. The average Bonchev–Trinajstić information content (AvgIpc) is 3.37. The van der Waals surface area contributed by atoms with E-state index in [9.17, 15) is 13.2 Å². The second kappa shape index (κ2) is 10.2. The molecule has 188 valence electrons. The third-order valence-electron chi connectivity index (χ3n) is 7.46. The zero-order valence-electron chi connectivity index (χ0n) is 20.4. The number of anilines is 1. The van der Waals surface area contributed by atoms with Crippen molar-refractivity contribution >= 4 is 21.6 Å². The molecular weight excluding hydrogens is 464 g/mol. The lowest BCUT2D eigenvalue weighted by Gasteiger charge is -2.38. The molecule has 0 N–H and O–H groups in total. The van der Waals surface area contributed by atoms with E-state index in [1.54, 1.807) is 18.1 Å². The molecule has 8 nitrogen and oxygen atoms in total. The zero-order valence-corrected chi connectivity index (χ0v) is 21.2. The summed E-state index contributed by atoms with van der Waals surface area (Å²) in [5.74, 6) is 0.940. The SMILES string of the molecule is COc1ccccc1N1CCN(CC(=O)N2CCN(S(=O)(=O)c3ccc4c(c3)CCC4)CC2)CC1. The van der Waals surface area contributed by atoms with E-state index in [1.165, 1.54) is 9.87 Å². The number of amides is 1. The van der Waals surface area contributed by atoms with Crippen molar-refractivity contribution < 1.29 is 17.9 Å². The Labute approximate surface area is 208 Å². The normalized spacial score (nSPS) is 19.6. The monoisotopic (exact) mass is 498 g/mol. The number of piperazine rings is 2. The number of hydrogen-bond acceptors (Lipinski definition) is 6. The van der Waals surface area contributed by atoms with Crippen LogP contribution in [0.5, 0.6) is 5.75 Å². The molecule has 3 aliphatic rings. The van der Waals surface area contributed by atoms with Gasteiger partial charge in [0.2, 0.25) is 15.9 Å². The summed E-state index contributed by atoms with van der Waals surface area (Å²) in [4.78, 5) is 19.6. The first-order chi connectivity index (χ1) is 17.0. The van der Waals surface area contributed by atoms with Crippen LogP contribution in [0.25, 0.3) is 0 Å². The molecule has 35 heavy (non-hydrogen) atoms. The van der Waals surface area contributed by atoms with E-state index < -0.39 is 10.0 Å². The summed E-state index contributed by atoms with van der Waals surface area (Å²) in [5.41, 5.74) is 3.51. The lowest BCUT2D eigenvalue weighted by Crippen LogP contribution is -2.54. The van der Waals surface area contributed by atoms with Gasteiger partial charge in [-0.1, -0.05) is 18.2 Å². The van der Waals surface area contributed by atoms with Gasteiger partial charge in [0.25, 0.3) is 0 Å². The number of fused-ring (bicyclic) bond motifs is 1. The average molecular weight is 499 g/mol. The Hall–Kier alpha value is -2.62. The summed E-state index contributed by atoms with van der Waals surface area (Å²) in [6, 6.07) is 13.6. The third kappa shape index (κ3) is 5.03. The predicted octanol–water partition coefficient (Wildman–Crippen LogP) is 1.84. The molecule has 5 rings (SSSR count). The Morgan fingerprint density at radius 2 is 1.60 bits per heavy atom. The molecule has 0 bridgehead atoms. The lowest BCUT2D eigenvalue weighted by atomic mass is 10.1. The number of benzene rings is 2. The highest BCUT2D eigenvalue weighted by Gasteiger charge is 2.31. The summed E-state index contributed by atoms with van der Waals surface area (Å²) in [6.07, 6.45) is 3.08. The molecule has 1 aliphatic carbocycles. The maximum absolute atomic E-state index is 13.2. The van der Waals surface area contributed by atoms with E-state index in [-0.39, 0.29) is 5.91 Å². The first kappa shape index (κ1) is 24.1. The molecule has 0 unspecified atom stereocenters. The van der Waals surface area contributed by atoms with Crippen LogP contribution in [-0.2, 0) is 27.7 Å². The van der Waals surface area contributed by atoms with Crippen LogP contribution >= 0.6 is 0 Å². The van der Waals surface area contributed by atoms with Gasteiger partial charge in [-0.2, -0.15) is 4.31 Å². The van der Waals surface area contributed by atoms with Crippen LogP contribution in [0.4, 0.5) is 5.69 Å². The van der Waals surface area contributed by atoms with Crippen molar-refractivity contribution in [3.63, 3.8) is 0 Å². The molecular formula is C26H34N4O4S. The molecule has 0 radical (unpaired) electrons. The van der Waals surface area contributed by atoms with Gasteiger partial charge >= 0.3 is 0 Å². The number of carbonyl (C=O) groups is 1. The number of hydrogen-bond donors (Lipinski definition) is 0. The molecule has 2 saturated heterocycles. The van der Waals surface area contributed by atoms with Crippen LogP contribution in [0.1, 0.15) is 17.5 Å². The van der Waals surface area contributed by atoms with Gasteiger partial charge in [-0.05, 0) is 54.7 Å². The highest BCUT2D eigenvalue weighted by Crippen LogP contribution is 2.29. The summed E-state index contributed by atoms with van der Waals surface area (Å²) in [7, 11) is -1.84. The van der Waals surface area contributed by atoms with Crippen molar-refractivity contribution in [3.8, 4) is 5.75 Å². The van der Waals surface area contributed by atoms with E-state index in [1.807, 2.05) is 30.3 Å². The number of aryl methyl sites for hydroxylation is 2. The van der Waals surface area contributed by atoms with Gasteiger partial charge in [-0.3, -0.25) is 9.69 Å². The van der Waals surface area contributed by atoms with Crippen molar-refractivity contribution in [2.75, 3.05) is 70.9 Å². The van der Waals surface area contributed by atoms with Gasteiger partial charge in [0, 0.05) is 52.4 Å². The Bertz CT molecular complexity index is 1170. The van der Waals surface area contributed by atoms with Crippen molar-refractivity contribution in [2.45, 2.75) is 24.2 Å². The first-order valence-electron chi connectivity index (χ1n) is 12.5. The number of para-hydroxylation sites is 2. The fourth-order valence-electron chi connectivity index (χ4n) is 5.36. The zero-order chi connectivity index (χ0) is 24.4. The third-order valence-corrected chi connectivity index (χ3v) is 9.35. The molecule has 9 heteroatoms. The maximum Gasteiger partial charge on any atom is 0.243 e. The summed E-state index contributed by atoms with van der Waals surface area (Å²) in [5, 5.41) is 0. The number of carbonyl (C=O) groups excluding carboxylic acids is 1. The van der Waals surface area contributed by atoms with E-state index in [4.69, 9.17) is 4.74 Å². The van der Waals surface area contributed by atoms with Crippen molar-refractivity contribution in [2.24, 2.45) is 0 Å². The molecule has 1 amide bonds. The van der Waals surface area contributed by atoms with E-state index >= 15 is 0 Å². The van der Waals surface area contributed by atoms with Crippen LogP contribution in [0.15, 0.2) is 47.4 Å². The summed E-state index contributed by atoms with van der Waals surface area (Å²) in [6.45, 7) is 5.19. The molecule has 0 spiro atoms. The molecule has 2 aromatic rings. The van der Waals surface area contributed by atoms with Gasteiger partial charge in [-0.15, -0.1) is 0 Å². The molecule has 2 aromatic carbocycles. The quantitative estimate of drug-likeness (QED) is 0.605. The molecule has 2 fully saturated rings. The first-order valence-corrected chi connectivity index (χ1v) is 13.9. The van der Waals surface area contributed by atoms with Crippen LogP contribution in [0.2, 0.25) is 0 Å².